The van der Waals surface area contributed by atoms with Crippen molar-refractivity contribution in [2.75, 3.05) is 10.6 Å². The highest BCUT2D eigenvalue weighted by Crippen LogP contribution is 2.27. The van der Waals surface area contributed by atoms with Crippen molar-refractivity contribution in [1.29, 1.82) is 0 Å². The Labute approximate surface area is 168 Å². The predicted octanol–water partition coefficient (Wildman–Crippen LogP) is 6.51. The molecule has 0 saturated carbocycles. The summed E-state index contributed by atoms with van der Waals surface area (Å²) in [6.07, 6.45) is 1.62. The highest BCUT2D eigenvalue weighted by molar-refractivity contribution is 6.35. The lowest BCUT2D eigenvalue weighted by Crippen LogP contribution is -2.16. The number of hydrogen-bond donors (Lipinski definition) is 2. The second-order valence-electron chi connectivity index (χ2n) is 6.38. The van der Waals surface area contributed by atoms with Gasteiger partial charge < -0.3 is 10.6 Å². The molecule has 6 heteroatoms. The number of anilines is 3. The summed E-state index contributed by atoms with van der Waals surface area (Å²) >= 11 is 12.1. The van der Waals surface area contributed by atoms with E-state index in [0.717, 1.165) is 11.3 Å². The van der Waals surface area contributed by atoms with Gasteiger partial charge in [-0.2, -0.15) is 0 Å². The smallest absolute Gasteiger partial charge is 0.259 e. The van der Waals surface area contributed by atoms with E-state index >= 15 is 0 Å². The number of halogens is 2. The van der Waals surface area contributed by atoms with Crippen LogP contribution in [0.2, 0.25) is 10.0 Å². The number of pyridine rings is 1. The number of rotatable bonds is 5. The summed E-state index contributed by atoms with van der Waals surface area (Å²) in [4.78, 5) is 17.2. The van der Waals surface area contributed by atoms with Crippen molar-refractivity contribution in [3.63, 3.8) is 0 Å². The van der Waals surface area contributed by atoms with Gasteiger partial charge >= 0.3 is 0 Å². The van der Waals surface area contributed by atoms with Crippen molar-refractivity contribution in [2.45, 2.75) is 19.8 Å². The number of carbonyl (C=O) groups excluding carboxylic acids is 1. The Bertz CT molecular complexity index is 953. The second-order valence-corrected chi connectivity index (χ2v) is 7.25. The third-order valence-corrected chi connectivity index (χ3v) is 4.45. The molecule has 0 fully saturated rings. The monoisotopic (exact) mass is 399 g/mol. The van der Waals surface area contributed by atoms with Crippen molar-refractivity contribution < 1.29 is 4.79 Å². The first-order chi connectivity index (χ1) is 12.9. The molecule has 0 bridgehead atoms. The topological polar surface area (TPSA) is 54.0 Å². The molecule has 27 heavy (non-hydrogen) atoms. The van der Waals surface area contributed by atoms with Gasteiger partial charge in [0.2, 0.25) is 0 Å². The Balaban J connectivity index is 1.88. The molecular weight excluding hydrogens is 381 g/mol. The molecule has 0 atom stereocenters. The van der Waals surface area contributed by atoms with Crippen LogP contribution in [0.3, 0.4) is 0 Å². The van der Waals surface area contributed by atoms with Crippen molar-refractivity contribution in [3.05, 3.63) is 82.0 Å². The average Bonchev–Trinajstić information content (AvgIpc) is 2.61. The highest BCUT2D eigenvalue weighted by atomic mass is 35.5. The van der Waals surface area contributed by atoms with Gasteiger partial charge in [-0.05, 0) is 47.9 Å². The van der Waals surface area contributed by atoms with Gasteiger partial charge in [-0.15, -0.1) is 0 Å². The minimum atomic E-state index is -0.244. The van der Waals surface area contributed by atoms with Gasteiger partial charge in [-0.3, -0.25) is 4.79 Å². The van der Waals surface area contributed by atoms with E-state index in [1.165, 1.54) is 0 Å². The summed E-state index contributed by atoms with van der Waals surface area (Å²) in [7, 11) is 0. The van der Waals surface area contributed by atoms with Gasteiger partial charge in [-0.25, -0.2) is 4.98 Å². The third-order valence-electron chi connectivity index (χ3n) is 4.01. The molecule has 4 nitrogen and oxygen atoms in total. The lowest BCUT2D eigenvalue weighted by atomic mass is 10.0. The maximum atomic E-state index is 12.9. The molecule has 3 aromatic rings. The quantitative estimate of drug-likeness (QED) is 0.514. The van der Waals surface area contributed by atoms with Crippen LogP contribution in [0.5, 0.6) is 0 Å². The minimum absolute atomic E-state index is 0.244. The third kappa shape index (κ3) is 4.79. The fourth-order valence-corrected chi connectivity index (χ4v) is 3.28. The number of hydrogen-bond acceptors (Lipinski definition) is 3. The van der Waals surface area contributed by atoms with Gasteiger partial charge in [-0.1, -0.05) is 55.2 Å². The predicted molar refractivity (Wildman–Crippen MR) is 112 cm³/mol. The number of carbonyl (C=O) groups is 1. The molecule has 0 aliphatic rings. The summed E-state index contributed by atoms with van der Waals surface area (Å²) in [6, 6.07) is 16.3. The first-order valence-corrected chi connectivity index (χ1v) is 9.28. The van der Waals surface area contributed by atoms with E-state index < -0.39 is 0 Å². The molecule has 2 aromatic carbocycles. The maximum absolute atomic E-state index is 12.9. The van der Waals surface area contributed by atoms with Gasteiger partial charge in [0.25, 0.3) is 5.91 Å². The number of nitrogens with zero attached hydrogens (tertiary/aromatic N) is 1. The van der Waals surface area contributed by atoms with Crippen molar-refractivity contribution in [2.24, 2.45) is 0 Å². The molecule has 0 unspecified atom stereocenters. The molecule has 3 rings (SSSR count). The summed E-state index contributed by atoms with van der Waals surface area (Å²) in [5.41, 5.74) is 2.94. The van der Waals surface area contributed by atoms with Crippen molar-refractivity contribution in [3.8, 4) is 0 Å². The molecule has 1 aromatic heterocycles. The normalized spacial score (nSPS) is 10.7. The Hall–Kier alpha value is -2.56. The summed E-state index contributed by atoms with van der Waals surface area (Å²) < 4.78 is 0. The standard InChI is InChI=1S/C21H19Cl2N3O/c1-13(2)17-6-3-4-8-19(17)26-21(27)18-7-5-9-24-20(18)25-16-11-14(22)10-15(23)12-16/h3-13H,1-2H3,(H,24,25)(H,26,27). The van der Waals surface area contributed by atoms with Crippen LogP contribution < -0.4 is 10.6 Å². The number of para-hydroxylation sites is 1. The van der Waals surface area contributed by atoms with Crippen LogP contribution in [-0.4, -0.2) is 10.9 Å². The molecule has 138 valence electrons. The van der Waals surface area contributed by atoms with Crippen LogP contribution >= 0.6 is 23.2 Å². The van der Waals surface area contributed by atoms with E-state index in [0.29, 0.717) is 33.0 Å². The van der Waals surface area contributed by atoms with Crippen LogP contribution in [-0.2, 0) is 0 Å². The van der Waals surface area contributed by atoms with Crippen molar-refractivity contribution >= 4 is 46.3 Å². The van der Waals surface area contributed by atoms with E-state index in [2.05, 4.69) is 29.5 Å². The Morgan fingerprint density at radius 2 is 1.70 bits per heavy atom. The fraction of sp³-hybridized carbons (Fsp3) is 0.143. The molecule has 0 saturated heterocycles. The van der Waals surface area contributed by atoms with Gasteiger partial charge in [0.1, 0.15) is 5.82 Å². The van der Waals surface area contributed by atoms with Gasteiger partial charge in [0.05, 0.1) is 5.56 Å². The Kier molecular flexibility index (Phi) is 5.99. The molecule has 2 N–H and O–H groups in total. The zero-order valence-corrected chi connectivity index (χ0v) is 16.5. The molecule has 0 aliphatic heterocycles. The number of aromatic nitrogens is 1. The SMILES string of the molecule is CC(C)c1ccccc1NC(=O)c1cccnc1Nc1cc(Cl)cc(Cl)c1. The van der Waals surface area contributed by atoms with E-state index in [1.54, 1.807) is 36.5 Å². The lowest BCUT2D eigenvalue weighted by Gasteiger charge is -2.15. The number of amides is 1. The van der Waals surface area contributed by atoms with E-state index in [4.69, 9.17) is 23.2 Å². The molecule has 0 radical (unpaired) electrons. The van der Waals surface area contributed by atoms with Crippen LogP contribution in [0.25, 0.3) is 0 Å². The summed E-state index contributed by atoms with van der Waals surface area (Å²) in [6.45, 7) is 4.18. The molecule has 0 aliphatic carbocycles. The average molecular weight is 400 g/mol. The van der Waals surface area contributed by atoms with Crippen LogP contribution in [0, 0.1) is 0 Å². The zero-order chi connectivity index (χ0) is 19.4. The second kappa shape index (κ2) is 8.42. The first kappa shape index (κ1) is 19.2. The maximum Gasteiger partial charge on any atom is 0.259 e. The number of nitrogens with one attached hydrogen (secondary N) is 2. The zero-order valence-electron chi connectivity index (χ0n) is 15.0. The van der Waals surface area contributed by atoms with Crippen LogP contribution in [0.15, 0.2) is 60.8 Å². The van der Waals surface area contributed by atoms with E-state index in [-0.39, 0.29) is 5.91 Å². The minimum Gasteiger partial charge on any atom is -0.339 e. The van der Waals surface area contributed by atoms with Crippen LogP contribution in [0.4, 0.5) is 17.2 Å². The summed E-state index contributed by atoms with van der Waals surface area (Å²) in [5.74, 6) is 0.476. The van der Waals surface area contributed by atoms with Gasteiger partial charge in [0, 0.05) is 27.6 Å². The van der Waals surface area contributed by atoms with E-state index in [1.807, 2.05) is 24.3 Å². The van der Waals surface area contributed by atoms with Gasteiger partial charge in [0.15, 0.2) is 0 Å². The first-order valence-electron chi connectivity index (χ1n) is 8.52. The fourth-order valence-electron chi connectivity index (χ4n) is 2.75. The molecule has 1 amide bonds. The lowest BCUT2D eigenvalue weighted by molar-refractivity contribution is 0.102. The Morgan fingerprint density at radius 1 is 1.00 bits per heavy atom. The molecule has 0 spiro atoms. The molecule has 1 heterocycles. The van der Waals surface area contributed by atoms with Crippen LogP contribution in [0.1, 0.15) is 35.7 Å². The largest absolute Gasteiger partial charge is 0.339 e. The highest BCUT2D eigenvalue weighted by Gasteiger charge is 2.15. The Morgan fingerprint density at radius 3 is 2.41 bits per heavy atom. The number of benzene rings is 2. The molecular formula is C21H19Cl2N3O. The van der Waals surface area contributed by atoms with Crippen molar-refractivity contribution in [1.82, 2.24) is 4.98 Å². The van der Waals surface area contributed by atoms with E-state index in [9.17, 15) is 4.79 Å². The summed E-state index contributed by atoms with van der Waals surface area (Å²) in [5, 5.41) is 7.10.